The normalized spacial score (nSPS) is 15.5. The van der Waals surface area contributed by atoms with E-state index in [1.807, 2.05) is 55.4 Å². The molecule has 2 rings (SSSR count). The maximum absolute atomic E-state index is 11.8. The summed E-state index contributed by atoms with van der Waals surface area (Å²) in [6.45, 7) is 40.8. The molecule has 6 heteroatoms. The van der Waals surface area contributed by atoms with E-state index >= 15 is 0 Å². The zero-order valence-corrected chi connectivity index (χ0v) is 34.2. The number of rotatable bonds is 6. The molecule has 0 amide bonds. The Morgan fingerprint density at radius 2 is 1.18 bits per heavy atom. The fraction of sp³-hybridized carbons (Fsp3) is 0.750. The fourth-order valence-corrected chi connectivity index (χ4v) is 3.96. The van der Waals surface area contributed by atoms with E-state index in [1.165, 1.54) is 6.42 Å². The Bertz CT molecular complexity index is 454. The van der Waals surface area contributed by atoms with Crippen molar-refractivity contribution in [3.05, 3.63) is 39.8 Å². The van der Waals surface area contributed by atoms with Gasteiger partial charge in [0, 0.05) is 17.7 Å². The first-order valence-electron chi connectivity index (χ1n) is 13.4. The maximum atomic E-state index is 11.8. The van der Waals surface area contributed by atoms with Crippen LogP contribution in [0.15, 0.2) is 13.2 Å². The Labute approximate surface area is 327 Å². The van der Waals surface area contributed by atoms with Crippen molar-refractivity contribution in [1.29, 1.82) is 0 Å². The van der Waals surface area contributed by atoms with Crippen molar-refractivity contribution >= 4 is 11.6 Å². The largest absolute Gasteiger partial charge is 1.00 e. The summed E-state index contributed by atoms with van der Waals surface area (Å²) in [5.41, 5.74) is 0. The average molecular weight is 589 g/mol. The predicted molar refractivity (Wildman–Crippen MR) is 165 cm³/mol. The molecule has 2 heterocycles. The van der Waals surface area contributed by atoms with Crippen LogP contribution in [0.4, 0.5) is 0 Å². The quantitative estimate of drug-likeness (QED) is 0.354. The molecule has 1 unspecified atom stereocenters. The topological polar surface area (TPSA) is 40.6 Å². The van der Waals surface area contributed by atoms with Crippen molar-refractivity contribution in [3.8, 4) is 0 Å². The molecule has 38 heavy (non-hydrogen) atoms. The Kier molecular flexibility index (Phi) is 60.7. The minimum absolute atomic E-state index is 0. The molecule has 220 valence electrons. The Hall–Kier alpha value is 1.88. The van der Waals surface area contributed by atoms with E-state index in [2.05, 4.69) is 63.8 Å². The van der Waals surface area contributed by atoms with Crippen LogP contribution in [0.2, 0.25) is 0 Å². The Balaban J connectivity index is -0.0000000576. The number of carbonyl (C=O) groups is 2. The van der Waals surface area contributed by atoms with Crippen molar-refractivity contribution in [3.63, 3.8) is 0 Å². The van der Waals surface area contributed by atoms with Gasteiger partial charge in [0.05, 0.1) is 6.04 Å². The first-order valence-corrected chi connectivity index (χ1v) is 13.4. The van der Waals surface area contributed by atoms with Crippen molar-refractivity contribution in [2.24, 2.45) is 11.8 Å². The summed E-state index contributed by atoms with van der Waals surface area (Å²) in [7, 11) is 0. The molecule has 2 aliphatic rings. The first kappa shape index (κ1) is 59.3. The average Bonchev–Trinajstić information content (AvgIpc) is 3.54. The van der Waals surface area contributed by atoms with Gasteiger partial charge in [0.2, 0.25) is 0 Å². The van der Waals surface area contributed by atoms with Crippen LogP contribution < -0.4 is 103 Å². The fourth-order valence-electron chi connectivity index (χ4n) is 3.96. The number of nitrogens with zero attached hydrogens (tertiary/aromatic N) is 2. The standard InChI is InChI=1S/C11H21NO.C11H20NO.2C2H6.2C2H3.CH4.CH3.2K/c2*1-8(2)11(13)10-6-5-7-12(10)9(3)4;4*1-2;;;;/h8-10H,5-7H2,1-4H3;8-9H,5-7H2,1-4H3;2*1-2H3;2*1H,2H2;1H4;1H3;;/q;-1;;;2*-1;;-1;2*+1. The molecule has 0 bridgehead atoms. The van der Waals surface area contributed by atoms with Crippen molar-refractivity contribution in [2.45, 2.75) is 134 Å². The van der Waals surface area contributed by atoms with Gasteiger partial charge in [-0.3, -0.25) is 22.9 Å². The summed E-state index contributed by atoms with van der Waals surface area (Å²) in [5, 5.41) is 0. The third-order valence-corrected chi connectivity index (χ3v) is 5.45. The number of hydrogen-bond donors (Lipinski definition) is 0. The van der Waals surface area contributed by atoms with E-state index in [0.717, 1.165) is 38.4 Å². The monoisotopic (exact) mass is 588 g/mol. The van der Waals surface area contributed by atoms with Crippen LogP contribution in [0.1, 0.15) is 116 Å². The van der Waals surface area contributed by atoms with Gasteiger partial charge in [-0.2, -0.15) is 0 Å². The van der Waals surface area contributed by atoms with Crippen LogP contribution in [0.3, 0.4) is 0 Å². The molecule has 1 atom stereocenters. The first-order chi connectivity index (χ1) is 16.1. The SMILES string of the molecule is C.CC.CC.CC(C)C(=O)C1CCCN1C(C)C.CC(C)C(=O)[C-]1CCCN1C(C)C.[CH-]=C.[CH-]=C.[CH3-].[K+].[K+]. The summed E-state index contributed by atoms with van der Waals surface area (Å²) < 4.78 is 0. The van der Waals surface area contributed by atoms with Gasteiger partial charge in [0.25, 0.3) is 0 Å². The number of Topliss-reactive ketones (excluding diaryl/α,β-unsaturated/α-hetero) is 2. The molecule has 0 radical (unpaired) electrons. The molecule has 2 saturated heterocycles. The van der Waals surface area contributed by atoms with Crippen LogP contribution in [0.5, 0.6) is 0 Å². The minimum atomic E-state index is 0. The zero-order chi connectivity index (χ0) is 28.0. The van der Waals surface area contributed by atoms with Gasteiger partial charge in [-0.05, 0) is 51.7 Å². The van der Waals surface area contributed by atoms with Crippen LogP contribution >= 0.6 is 0 Å². The summed E-state index contributed by atoms with van der Waals surface area (Å²) in [6.07, 6.45) is 4.37. The molecule has 0 aromatic heterocycles. The molecule has 2 aliphatic heterocycles. The minimum Gasteiger partial charge on any atom is -0.521 e. The predicted octanol–water partition coefficient (Wildman–Crippen LogP) is 2.69. The van der Waals surface area contributed by atoms with Gasteiger partial charge >= 0.3 is 103 Å². The molecular formula is C32H66K2N2O2-2. The summed E-state index contributed by atoms with van der Waals surface area (Å²) in [4.78, 5) is 28.2. The third kappa shape index (κ3) is 24.5. The summed E-state index contributed by atoms with van der Waals surface area (Å²) in [6, 6.07) is 2.25. The van der Waals surface area contributed by atoms with E-state index in [1.54, 1.807) is 0 Å². The van der Waals surface area contributed by atoms with E-state index in [9.17, 15) is 9.59 Å². The molecule has 0 aliphatic carbocycles. The van der Waals surface area contributed by atoms with Gasteiger partial charge in [-0.25, -0.2) is 6.04 Å². The molecule has 2 fully saturated rings. The van der Waals surface area contributed by atoms with E-state index < -0.39 is 0 Å². The van der Waals surface area contributed by atoms with Crippen molar-refractivity contribution < 1.29 is 112 Å². The molecule has 0 N–H and O–H groups in total. The second-order valence-corrected chi connectivity index (χ2v) is 8.90. The van der Waals surface area contributed by atoms with Crippen molar-refractivity contribution in [2.75, 3.05) is 13.1 Å². The Morgan fingerprint density at radius 3 is 1.50 bits per heavy atom. The Morgan fingerprint density at radius 1 is 0.763 bits per heavy atom. The van der Waals surface area contributed by atoms with Gasteiger partial charge in [0.15, 0.2) is 5.78 Å². The summed E-state index contributed by atoms with van der Waals surface area (Å²) >= 11 is 0. The van der Waals surface area contributed by atoms with Crippen LogP contribution in [-0.2, 0) is 9.59 Å². The number of likely N-dealkylation sites (tertiary alicyclic amines) is 2. The van der Waals surface area contributed by atoms with Gasteiger partial charge in [-0.15, -0.1) is 6.42 Å². The number of carbonyl (C=O) groups excluding carboxylic acids is 2. The van der Waals surface area contributed by atoms with E-state index in [0.29, 0.717) is 23.7 Å². The molecule has 4 nitrogen and oxygen atoms in total. The third-order valence-electron chi connectivity index (χ3n) is 5.45. The molecule has 0 aromatic rings. The number of hydrogen-bond acceptors (Lipinski definition) is 4. The molecule has 0 spiro atoms. The van der Waals surface area contributed by atoms with Gasteiger partial charge in [-0.1, -0.05) is 83.1 Å². The van der Waals surface area contributed by atoms with E-state index in [4.69, 9.17) is 0 Å². The second-order valence-electron chi connectivity index (χ2n) is 8.90. The smallest absolute Gasteiger partial charge is 0.521 e. The summed E-state index contributed by atoms with van der Waals surface area (Å²) in [5.74, 6) is 1.09. The van der Waals surface area contributed by atoms with Gasteiger partial charge in [0.1, 0.15) is 0 Å². The number of ketones is 2. The molecular weight excluding hydrogens is 523 g/mol. The molecule has 0 saturated carbocycles. The van der Waals surface area contributed by atoms with E-state index in [-0.39, 0.29) is 136 Å². The van der Waals surface area contributed by atoms with Crippen molar-refractivity contribution in [1.82, 2.24) is 9.80 Å². The van der Waals surface area contributed by atoms with Crippen LogP contribution in [-0.4, -0.2) is 52.6 Å². The van der Waals surface area contributed by atoms with Crippen LogP contribution in [0.25, 0.3) is 0 Å². The van der Waals surface area contributed by atoms with Crippen LogP contribution in [0, 0.1) is 38.5 Å². The second kappa shape index (κ2) is 38.9. The molecule has 0 aromatic carbocycles. The van der Waals surface area contributed by atoms with Gasteiger partial charge < -0.3 is 30.3 Å². The zero-order valence-electron chi connectivity index (χ0n) is 27.9. The maximum Gasteiger partial charge on any atom is 1.00 e.